The lowest BCUT2D eigenvalue weighted by atomic mass is 9.86. The Labute approximate surface area is 209 Å². The highest BCUT2D eigenvalue weighted by atomic mass is 16.5. The third-order valence-electron chi connectivity index (χ3n) is 6.63. The van der Waals surface area contributed by atoms with Gasteiger partial charge >= 0.3 is 0 Å². The van der Waals surface area contributed by atoms with Gasteiger partial charge in [-0.1, -0.05) is 93.7 Å². The van der Waals surface area contributed by atoms with E-state index in [1.54, 1.807) is 0 Å². The lowest BCUT2D eigenvalue weighted by Gasteiger charge is -2.18. The van der Waals surface area contributed by atoms with E-state index >= 15 is 0 Å². The maximum absolute atomic E-state index is 5.83. The Morgan fingerprint density at radius 2 is 1.88 bits per heavy atom. The predicted molar refractivity (Wildman–Crippen MR) is 151 cm³/mol. The lowest BCUT2D eigenvalue weighted by Crippen LogP contribution is -2.08. The van der Waals surface area contributed by atoms with Crippen molar-refractivity contribution in [1.82, 2.24) is 0 Å². The van der Waals surface area contributed by atoms with Crippen LogP contribution in [0.3, 0.4) is 0 Å². The minimum absolute atomic E-state index is 0.329. The zero-order chi connectivity index (χ0) is 25.3. The topological polar surface area (TPSA) is 9.23 Å². The van der Waals surface area contributed by atoms with E-state index in [2.05, 4.69) is 90.8 Å². The number of rotatable bonds is 10. The van der Waals surface area contributed by atoms with E-state index in [-0.39, 0.29) is 0 Å². The highest BCUT2D eigenvalue weighted by Crippen LogP contribution is 2.40. The second-order valence-corrected chi connectivity index (χ2v) is 9.38. The number of fused-ring (bicyclic) bond motifs is 1. The van der Waals surface area contributed by atoms with E-state index < -0.39 is 0 Å². The molecule has 0 spiro atoms. The summed E-state index contributed by atoms with van der Waals surface area (Å²) in [6, 6.07) is 4.83. The second kappa shape index (κ2) is 13.2. The van der Waals surface area contributed by atoms with Crippen molar-refractivity contribution in [2.45, 2.75) is 73.6 Å². The summed E-state index contributed by atoms with van der Waals surface area (Å²) in [5.41, 5.74) is 11.4. The summed E-state index contributed by atoms with van der Waals surface area (Å²) in [7, 11) is 0. The molecule has 182 valence electrons. The molecule has 0 saturated carbocycles. The highest BCUT2D eigenvalue weighted by Gasteiger charge is 2.25. The van der Waals surface area contributed by atoms with Crippen LogP contribution >= 0.6 is 0 Å². The molecule has 2 rings (SSSR count). The Morgan fingerprint density at radius 3 is 2.50 bits per heavy atom. The average molecular weight is 457 g/mol. The van der Waals surface area contributed by atoms with Crippen LogP contribution in [0.15, 0.2) is 90.3 Å². The molecule has 0 amide bonds. The standard InChI is InChI=1S/C33H44O/c1-10-14-16-23(5)32-22-30-21-28(15-11-2)24(6)20-33(30)29(19-26(32)8)18-25(7)31(13-4)27(9)34-17-12-3/h10,13-14,16,18,20-21,32H,7-9,11-12,15,17,19,22H2,1-6H3/b14-10-,23-16+,29-18+,31-13+. The summed E-state index contributed by atoms with van der Waals surface area (Å²) in [5, 5.41) is 0. The number of allylic oxidation sites excluding steroid dienone is 9. The van der Waals surface area contributed by atoms with Gasteiger partial charge < -0.3 is 4.74 Å². The SMILES string of the molecule is C=C(/C=C1\CC(=C)C(/C(C)=C/C=C\C)Cc2cc(CCC)c(C)cc21)/C(=C\C)C(=C)OCCC. The van der Waals surface area contributed by atoms with Gasteiger partial charge in [-0.3, -0.25) is 0 Å². The first-order valence-electron chi connectivity index (χ1n) is 12.7. The normalized spacial score (nSPS) is 18.2. The van der Waals surface area contributed by atoms with E-state index in [1.165, 1.54) is 39.0 Å². The zero-order valence-electron chi connectivity index (χ0n) is 22.4. The van der Waals surface area contributed by atoms with Gasteiger partial charge in [0.25, 0.3) is 0 Å². The number of hydrogen-bond donors (Lipinski definition) is 0. The van der Waals surface area contributed by atoms with Crippen LogP contribution in [-0.2, 0) is 17.6 Å². The van der Waals surface area contributed by atoms with E-state index in [0.717, 1.165) is 43.3 Å². The summed E-state index contributed by atoms with van der Waals surface area (Å²) in [6.45, 7) is 26.7. The first-order chi connectivity index (χ1) is 16.3. The Balaban J connectivity index is 2.59. The summed E-state index contributed by atoms with van der Waals surface area (Å²) < 4.78 is 5.83. The minimum Gasteiger partial charge on any atom is -0.494 e. The minimum atomic E-state index is 0.329. The molecule has 0 bridgehead atoms. The van der Waals surface area contributed by atoms with Gasteiger partial charge in [-0.15, -0.1) is 0 Å². The zero-order valence-corrected chi connectivity index (χ0v) is 22.4. The van der Waals surface area contributed by atoms with Crippen molar-refractivity contribution in [3.05, 3.63) is 113 Å². The molecule has 0 aliphatic heterocycles. The first kappa shape index (κ1) is 27.4. The van der Waals surface area contributed by atoms with Gasteiger partial charge in [0.2, 0.25) is 0 Å². The fraction of sp³-hybridized carbons (Fsp3) is 0.394. The summed E-state index contributed by atoms with van der Waals surface area (Å²) in [6.07, 6.45) is 15.8. The van der Waals surface area contributed by atoms with Crippen molar-refractivity contribution in [3.63, 3.8) is 0 Å². The largest absolute Gasteiger partial charge is 0.494 e. The van der Waals surface area contributed by atoms with E-state index in [9.17, 15) is 0 Å². The van der Waals surface area contributed by atoms with Crippen LogP contribution in [0.1, 0.15) is 76.1 Å². The molecule has 34 heavy (non-hydrogen) atoms. The number of aryl methyl sites for hydroxylation is 2. The Bertz CT molecular complexity index is 1040. The molecule has 1 unspecified atom stereocenters. The average Bonchev–Trinajstić information content (AvgIpc) is 2.93. The van der Waals surface area contributed by atoms with Gasteiger partial charge in [0.05, 0.1) is 6.61 Å². The van der Waals surface area contributed by atoms with Crippen molar-refractivity contribution in [1.29, 1.82) is 0 Å². The molecule has 0 heterocycles. The van der Waals surface area contributed by atoms with Crippen molar-refractivity contribution < 1.29 is 4.74 Å². The van der Waals surface area contributed by atoms with Gasteiger partial charge in [0.1, 0.15) is 5.76 Å². The molecule has 0 aromatic heterocycles. The second-order valence-electron chi connectivity index (χ2n) is 9.38. The molecule has 1 nitrogen and oxygen atoms in total. The maximum Gasteiger partial charge on any atom is 0.119 e. The lowest BCUT2D eigenvalue weighted by molar-refractivity contribution is 0.223. The van der Waals surface area contributed by atoms with Crippen molar-refractivity contribution in [2.75, 3.05) is 6.61 Å². The molecule has 1 aromatic carbocycles. The molecular formula is C33H44O. The fourth-order valence-electron chi connectivity index (χ4n) is 4.73. The number of hydrogen-bond acceptors (Lipinski definition) is 1. The Morgan fingerprint density at radius 1 is 1.15 bits per heavy atom. The predicted octanol–water partition coefficient (Wildman–Crippen LogP) is 9.41. The van der Waals surface area contributed by atoms with Crippen molar-refractivity contribution in [3.8, 4) is 0 Å². The van der Waals surface area contributed by atoms with Crippen molar-refractivity contribution >= 4 is 5.57 Å². The third kappa shape index (κ3) is 6.86. The number of ether oxygens (including phenoxy) is 1. The molecule has 1 aliphatic rings. The Hall–Kier alpha value is -2.80. The molecule has 1 heteroatoms. The molecule has 0 N–H and O–H groups in total. The molecule has 1 aromatic rings. The van der Waals surface area contributed by atoms with Crippen LogP contribution in [0, 0.1) is 12.8 Å². The van der Waals surface area contributed by atoms with Crippen LogP contribution in [-0.4, -0.2) is 6.61 Å². The fourth-order valence-corrected chi connectivity index (χ4v) is 4.73. The molecule has 0 saturated heterocycles. The monoisotopic (exact) mass is 456 g/mol. The van der Waals surface area contributed by atoms with E-state index in [4.69, 9.17) is 4.74 Å². The maximum atomic E-state index is 5.83. The first-order valence-corrected chi connectivity index (χ1v) is 12.7. The summed E-state index contributed by atoms with van der Waals surface area (Å²) in [5.74, 6) is 1.02. The quantitative estimate of drug-likeness (QED) is 0.147. The summed E-state index contributed by atoms with van der Waals surface area (Å²) >= 11 is 0. The molecule has 0 fully saturated rings. The van der Waals surface area contributed by atoms with Crippen molar-refractivity contribution in [2.24, 2.45) is 5.92 Å². The Kier molecular flexibility index (Phi) is 10.6. The smallest absolute Gasteiger partial charge is 0.119 e. The molecule has 1 atom stereocenters. The molecular weight excluding hydrogens is 412 g/mol. The summed E-state index contributed by atoms with van der Waals surface area (Å²) in [4.78, 5) is 0. The van der Waals surface area contributed by atoms with Crippen LogP contribution in [0.5, 0.6) is 0 Å². The van der Waals surface area contributed by atoms with Gasteiger partial charge in [-0.25, -0.2) is 0 Å². The van der Waals surface area contributed by atoms with Gasteiger partial charge in [-0.05, 0) is 86.8 Å². The molecule has 0 radical (unpaired) electrons. The van der Waals surface area contributed by atoms with E-state index in [1.807, 2.05) is 13.0 Å². The molecule has 1 aliphatic carbocycles. The highest BCUT2D eigenvalue weighted by molar-refractivity contribution is 5.76. The van der Waals surface area contributed by atoms with Crippen LogP contribution in [0.4, 0.5) is 0 Å². The third-order valence-corrected chi connectivity index (χ3v) is 6.63. The van der Waals surface area contributed by atoms with E-state index in [0.29, 0.717) is 18.3 Å². The number of benzene rings is 1. The van der Waals surface area contributed by atoms with Gasteiger partial charge in [0.15, 0.2) is 0 Å². The van der Waals surface area contributed by atoms with Gasteiger partial charge in [0, 0.05) is 11.5 Å². The van der Waals surface area contributed by atoms with Crippen LogP contribution in [0.25, 0.3) is 5.57 Å². The van der Waals surface area contributed by atoms with Gasteiger partial charge in [-0.2, -0.15) is 0 Å². The van der Waals surface area contributed by atoms with Crippen LogP contribution < -0.4 is 0 Å². The van der Waals surface area contributed by atoms with Crippen LogP contribution in [0.2, 0.25) is 0 Å².